The van der Waals surface area contributed by atoms with Gasteiger partial charge in [0.25, 0.3) is 0 Å². The van der Waals surface area contributed by atoms with Crippen molar-refractivity contribution in [1.82, 2.24) is 5.32 Å². The average Bonchev–Trinajstić information content (AvgIpc) is 2.22. The third-order valence-corrected chi connectivity index (χ3v) is 4.90. The summed E-state index contributed by atoms with van der Waals surface area (Å²) in [6, 6.07) is 0.686. The van der Waals surface area contributed by atoms with Gasteiger partial charge >= 0.3 is 0 Å². The Labute approximate surface area is 101 Å². The highest BCUT2D eigenvalue weighted by Gasteiger charge is 2.17. The Morgan fingerprint density at radius 2 is 1.67 bits per heavy atom. The summed E-state index contributed by atoms with van der Waals surface area (Å²) in [7, 11) is 0. The van der Waals surface area contributed by atoms with Gasteiger partial charge in [0.05, 0.1) is 0 Å². The van der Waals surface area contributed by atoms with E-state index in [1.807, 2.05) is 0 Å². The van der Waals surface area contributed by atoms with Crippen molar-refractivity contribution in [2.45, 2.75) is 59.3 Å². The number of rotatable bonds is 8. The smallest absolute Gasteiger partial charge is 0.0183 e. The van der Waals surface area contributed by atoms with Crippen molar-refractivity contribution in [2.75, 3.05) is 12.3 Å². The van der Waals surface area contributed by atoms with Crippen molar-refractivity contribution in [1.29, 1.82) is 0 Å². The Bertz CT molecular complexity index is 147. The SMILES string of the molecule is CCNC(CSC(C)C(C)C)C(C)CC. The third kappa shape index (κ3) is 6.47. The van der Waals surface area contributed by atoms with E-state index in [0.29, 0.717) is 6.04 Å². The molecule has 0 fully saturated rings. The second-order valence-corrected chi connectivity index (χ2v) is 6.24. The van der Waals surface area contributed by atoms with E-state index in [1.165, 1.54) is 12.2 Å². The van der Waals surface area contributed by atoms with Crippen LogP contribution in [0.15, 0.2) is 0 Å². The lowest BCUT2D eigenvalue weighted by Gasteiger charge is -2.26. The summed E-state index contributed by atoms with van der Waals surface area (Å²) in [5, 5.41) is 4.38. The molecule has 0 aliphatic carbocycles. The van der Waals surface area contributed by atoms with Gasteiger partial charge in [-0.2, -0.15) is 11.8 Å². The van der Waals surface area contributed by atoms with Crippen LogP contribution in [-0.4, -0.2) is 23.6 Å². The number of nitrogens with one attached hydrogen (secondary N) is 1. The fourth-order valence-corrected chi connectivity index (χ4v) is 2.76. The van der Waals surface area contributed by atoms with Crippen molar-refractivity contribution in [3.8, 4) is 0 Å². The van der Waals surface area contributed by atoms with E-state index in [4.69, 9.17) is 0 Å². The molecule has 0 saturated heterocycles. The van der Waals surface area contributed by atoms with Crippen molar-refractivity contribution in [3.05, 3.63) is 0 Å². The summed E-state index contributed by atoms with van der Waals surface area (Å²) in [4.78, 5) is 0. The predicted molar refractivity (Wildman–Crippen MR) is 73.7 cm³/mol. The normalized spacial score (nSPS) is 17.8. The van der Waals surface area contributed by atoms with Crippen LogP contribution in [0.5, 0.6) is 0 Å². The average molecular weight is 231 g/mol. The molecule has 0 aliphatic rings. The lowest BCUT2D eigenvalue weighted by atomic mass is 10.0. The summed E-state index contributed by atoms with van der Waals surface area (Å²) in [5.74, 6) is 2.83. The maximum atomic E-state index is 3.61. The molecule has 0 bridgehead atoms. The number of thioether (sulfide) groups is 1. The van der Waals surface area contributed by atoms with Crippen LogP contribution >= 0.6 is 11.8 Å². The van der Waals surface area contributed by atoms with Gasteiger partial charge in [0, 0.05) is 17.0 Å². The first kappa shape index (κ1) is 15.3. The van der Waals surface area contributed by atoms with Gasteiger partial charge in [0.15, 0.2) is 0 Å². The van der Waals surface area contributed by atoms with Gasteiger partial charge < -0.3 is 5.32 Å². The van der Waals surface area contributed by atoms with Gasteiger partial charge in [-0.15, -0.1) is 0 Å². The van der Waals surface area contributed by atoms with Crippen molar-refractivity contribution >= 4 is 11.8 Å². The van der Waals surface area contributed by atoms with E-state index in [9.17, 15) is 0 Å². The largest absolute Gasteiger partial charge is 0.313 e. The molecule has 0 aromatic rings. The van der Waals surface area contributed by atoms with Crippen LogP contribution in [0.1, 0.15) is 48.0 Å². The first-order valence-corrected chi connectivity index (χ1v) is 7.42. The lowest BCUT2D eigenvalue weighted by Crippen LogP contribution is -2.37. The summed E-state index contributed by atoms with van der Waals surface area (Å²) in [6.07, 6.45) is 1.27. The summed E-state index contributed by atoms with van der Waals surface area (Å²) in [5.41, 5.74) is 0. The van der Waals surface area contributed by atoms with Crippen LogP contribution in [0.4, 0.5) is 0 Å². The molecule has 0 aliphatic heterocycles. The lowest BCUT2D eigenvalue weighted by molar-refractivity contribution is 0.403. The first-order chi connectivity index (χ1) is 7.02. The van der Waals surface area contributed by atoms with E-state index >= 15 is 0 Å². The zero-order valence-corrected chi connectivity index (χ0v) is 12.2. The number of hydrogen-bond acceptors (Lipinski definition) is 2. The van der Waals surface area contributed by atoms with Gasteiger partial charge in [-0.3, -0.25) is 0 Å². The highest BCUT2D eigenvalue weighted by molar-refractivity contribution is 7.99. The Hall–Kier alpha value is 0.310. The molecule has 0 aromatic heterocycles. The van der Waals surface area contributed by atoms with Crippen LogP contribution in [-0.2, 0) is 0 Å². The molecule has 0 aromatic carbocycles. The van der Waals surface area contributed by atoms with Gasteiger partial charge in [0.2, 0.25) is 0 Å². The molecule has 0 rings (SSSR count). The van der Waals surface area contributed by atoms with Crippen molar-refractivity contribution in [2.24, 2.45) is 11.8 Å². The summed E-state index contributed by atoms with van der Waals surface area (Å²) < 4.78 is 0. The van der Waals surface area contributed by atoms with Crippen LogP contribution in [0.25, 0.3) is 0 Å². The second kappa shape index (κ2) is 8.46. The summed E-state index contributed by atoms with van der Waals surface area (Å²) in [6.45, 7) is 14.9. The molecule has 2 heteroatoms. The van der Waals surface area contributed by atoms with E-state index in [2.05, 4.69) is 58.6 Å². The molecule has 92 valence electrons. The van der Waals surface area contributed by atoms with E-state index in [1.54, 1.807) is 0 Å². The standard InChI is InChI=1S/C13H29NS/c1-7-11(5)13(14-8-2)9-15-12(6)10(3)4/h10-14H,7-9H2,1-6H3. The maximum Gasteiger partial charge on any atom is 0.0183 e. The Morgan fingerprint density at radius 1 is 1.07 bits per heavy atom. The zero-order valence-electron chi connectivity index (χ0n) is 11.3. The van der Waals surface area contributed by atoms with Crippen LogP contribution < -0.4 is 5.32 Å². The quantitative estimate of drug-likeness (QED) is 0.682. The van der Waals surface area contributed by atoms with Crippen LogP contribution in [0.2, 0.25) is 0 Å². The minimum absolute atomic E-state index is 0.686. The first-order valence-electron chi connectivity index (χ1n) is 6.37. The van der Waals surface area contributed by atoms with E-state index in [-0.39, 0.29) is 0 Å². The molecule has 3 unspecified atom stereocenters. The van der Waals surface area contributed by atoms with Crippen LogP contribution in [0.3, 0.4) is 0 Å². The highest BCUT2D eigenvalue weighted by Crippen LogP contribution is 2.22. The molecule has 1 nitrogen and oxygen atoms in total. The van der Waals surface area contributed by atoms with E-state index in [0.717, 1.165) is 23.6 Å². The molecule has 0 radical (unpaired) electrons. The topological polar surface area (TPSA) is 12.0 Å². The number of hydrogen-bond donors (Lipinski definition) is 1. The third-order valence-electron chi connectivity index (χ3n) is 3.27. The van der Waals surface area contributed by atoms with Crippen LogP contribution in [0, 0.1) is 11.8 Å². The molecular formula is C13H29NS. The molecule has 3 atom stereocenters. The predicted octanol–water partition coefficient (Wildman–Crippen LogP) is 3.79. The van der Waals surface area contributed by atoms with Gasteiger partial charge in [-0.1, -0.05) is 48.0 Å². The van der Waals surface area contributed by atoms with Gasteiger partial charge in [-0.25, -0.2) is 0 Å². The fraction of sp³-hybridized carbons (Fsp3) is 1.00. The zero-order chi connectivity index (χ0) is 11.8. The minimum Gasteiger partial charge on any atom is -0.313 e. The Kier molecular flexibility index (Phi) is 8.64. The second-order valence-electron chi connectivity index (χ2n) is 4.83. The van der Waals surface area contributed by atoms with Gasteiger partial charge in [0.1, 0.15) is 0 Å². The molecule has 0 amide bonds. The van der Waals surface area contributed by atoms with Gasteiger partial charge in [-0.05, 0) is 18.4 Å². The van der Waals surface area contributed by atoms with Crippen molar-refractivity contribution < 1.29 is 0 Å². The Balaban J connectivity index is 3.95. The monoisotopic (exact) mass is 231 g/mol. The van der Waals surface area contributed by atoms with Crippen molar-refractivity contribution in [3.63, 3.8) is 0 Å². The molecule has 0 spiro atoms. The molecule has 1 N–H and O–H groups in total. The molecule has 0 saturated carbocycles. The maximum absolute atomic E-state index is 3.61. The molecule has 15 heavy (non-hydrogen) atoms. The molecular weight excluding hydrogens is 202 g/mol. The highest BCUT2D eigenvalue weighted by atomic mass is 32.2. The summed E-state index contributed by atoms with van der Waals surface area (Å²) >= 11 is 2.11. The Morgan fingerprint density at radius 3 is 2.07 bits per heavy atom. The van der Waals surface area contributed by atoms with E-state index < -0.39 is 0 Å². The molecule has 0 heterocycles. The fourth-order valence-electron chi connectivity index (χ4n) is 1.42. The minimum atomic E-state index is 0.686.